The van der Waals surface area contributed by atoms with E-state index in [0.29, 0.717) is 12.5 Å². The van der Waals surface area contributed by atoms with Gasteiger partial charge in [-0.15, -0.1) is 0 Å². The molecule has 2 bridgehead atoms. The van der Waals surface area contributed by atoms with Crippen LogP contribution in [0.4, 0.5) is 4.79 Å². The van der Waals surface area contributed by atoms with E-state index in [2.05, 4.69) is 44.2 Å². The van der Waals surface area contributed by atoms with Gasteiger partial charge in [0.1, 0.15) is 6.61 Å². The van der Waals surface area contributed by atoms with Crippen molar-refractivity contribution < 1.29 is 9.53 Å². The third-order valence-corrected chi connectivity index (χ3v) is 5.97. The summed E-state index contributed by atoms with van der Waals surface area (Å²) in [7, 11) is 0. The van der Waals surface area contributed by atoms with E-state index >= 15 is 0 Å². The number of carbonyl (C=O) groups is 1. The molecule has 2 heterocycles. The molecule has 3 nitrogen and oxygen atoms in total. The van der Waals surface area contributed by atoms with Crippen LogP contribution < -0.4 is 0 Å². The molecule has 2 aromatic carbocycles. The lowest BCUT2D eigenvalue weighted by atomic mass is 9.94. The van der Waals surface area contributed by atoms with Crippen molar-refractivity contribution in [2.75, 3.05) is 0 Å². The summed E-state index contributed by atoms with van der Waals surface area (Å²) in [5.74, 6) is 0.564. The second kappa shape index (κ2) is 8.22. The number of amides is 1. The summed E-state index contributed by atoms with van der Waals surface area (Å²) in [6.45, 7) is 4.79. The molecule has 146 valence electrons. The number of hydrogen-bond donors (Lipinski definition) is 0. The average Bonchev–Trinajstić information content (AvgIpc) is 2.98. The fourth-order valence-electron chi connectivity index (χ4n) is 4.41. The van der Waals surface area contributed by atoms with E-state index in [4.69, 9.17) is 4.74 Å². The van der Waals surface area contributed by atoms with Crippen molar-refractivity contribution in [2.45, 2.75) is 64.1 Å². The molecule has 0 aromatic heterocycles. The van der Waals surface area contributed by atoms with Gasteiger partial charge in [0.15, 0.2) is 0 Å². The maximum atomic E-state index is 12.7. The van der Waals surface area contributed by atoms with Gasteiger partial charge in [0.25, 0.3) is 0 Å². The van der Waals surface area contributed by atoms with Crippen molar-refractivity contribution in [3.63, 3.8) is 0 Å². The van der Waals surface area contributed by atoms with E-state index in [9.17, 15) is 4.79 Å². The highest BCUT2D eigenvalue weighted by Crippen LogP contribution is 2.36. The zero-order valence-electron chi connectivity index (χ0n) is 16.8. The number of hydrogen-bond acceptors (Lipinski definition) is 2. The van der Waals surface area contributed by atoms with Crippen molar-refractivity contribution in [1.29, 1.82) is 0 Å². The highest BCUT2D eigenvalue weighted by atomic mass is 16.6. The minimum absolute atomic E-state index is 0.173. The first-order chi connectivity index (χ1) is 13.6. The topological polar surface area (TPSA) is 29.5 Å². The Labute approximate surface area is 168 Å². The summed E-state index contributed by atoms with van der Waals surface area (Å²) < 4.78 is 5.60. The van der Waals surface area contributed by atoms with Crippen molar-refractivity contribution in [3.8, 4) is 0 Å². The molecule has 1 saturated heterocycles. The minimum atomic E-state index is -0.173. The van der Waals surface area contributed by atoms with Crippen LogP contribution in [-0.2, 0) is 17.8 Å². The minimum Gasteiger partial charge on any atom is -0.445 e. The molecule has 2 atom stereocenters. The molecule has 0 N–H and O–H groups in total. The van der Waals surface area contributed by atoms with Gasteiger partial charge in [0.05, 0.1) is 6.04 Å². The normalized spacial score (nSPS) is 21.0. The van der Waals surface area contributed by atoms with Gasteiger partial charge in [-0.1, -0.05) is 80.1 Å². The first-order valence-corrected chi connectivity index (χ1v) is 10.4. The number of benzene rings is 2. The monoisotopic (exact) mass is 375 g/mol. The van der Waals surface area contributed by atoms with Crippen LogP contribution in [0, 0.1) is 0 Å². The number of carbonyl (C=O) groups excluding carboxylic acids is 1. The van der Waals surface area contributed by atoms with Crippen LogP contribution in [-0.4, -0.2) is 23.1 Å². The Hall–Kier alpha value is -2.55. The van der Waals surface area contributed by atoms with Crippen molar-refractivity contribution in [2.24, 2.45) is 0 Å². The lowest BCUT2D eigenvalue weighted by molar-refractivity contribution is 0.0816. The fraction of sp³-hybridized carbons (Fsp3) is 0.400. The highest BCUT2D eigenvalue weighted by Gasteiger charge is 2.40. The summed E-state index contributed by atoms with van der Waals surface area (Å²) >= 11 is 0. The van der Waals surface area contributed by atoms with Crippen LogP contribution in [0.3, 0.4) is 0 Å². The molecular weight excluding hydrogens is 346 g/mol. The zero-order chi connectivity index (χ0) is 19.5. The van der Waals surface area contributed by atoms with Crippen molar-refractivity contribution in [3.05, 3.63) is 82.9 Å². The molecular formula is C25H29NO2. The lowest BCUT2D eigenvalue weighted by Gasteiger charge is -2.33. The summed E-state index contributed by atoms with van der Waals surface area (Å²) in [5, 5.41) is 0. The third kappa shape index (κ3) is 4.14. The second-order valence-electron chi connectivity index (χ2n) is 8.35. The van der Waals surface area contributed by atoms with Gasteiger partial charge >= 0.3 is 6.09 Å². The third-order valence-electron chi connectivity index (χ3n) is 5.97. The fourth-order valence-corrected chi connectivity index (χ4v) is 4.41. The molecule has 2 aliphatic heterocycles. The molecule has 2 aliphatic rings. The molecule has 1 fully saturated rings. The highest BCUT2D eigenvalue weighted by molar-refractivity contribution is 5.70. The Bertz CT molecular complexity index is 839. The Balaban J connectivity index is 1.38. The van der Waals surface area contributed by atoms with Crippen LogP contribution in [0.5, 0.6) is 0 Å². The van der Waals surface area contributed by atoms with Gasteiger partial charge < -0.3 is 4.74 Å². The van der Waals surface area contributed by atoms with Gasteiger partial charge in [-0.2, -0.15) is 0 Å². The Morgan fingerprint density at radius 3 is 2.46 bits per heavy atom. The van der Waals surface area contributed by atoms with Gasteiger partial charge in [0.2, 0.25) is 0 Å². The number of ether oxygens (including phenoxy) is 1. The smallest absolute Gasteiger partial charge is 0.410 e. The maximum absolute atomic E-state index is 12.7. The first-order valence-electron chi connectivity index (χ1n) is 10.4. The van der Waals surface area contributed by atoms with Gasteiger partial charge in [-0.05, 0) is 48.3 Å². The molecule has 0 aliphatic carbocycles. The zero-order valence-corrected chi connectivity index (χ0v) is 16.8. The average molecular weight is 376 g/mol. The largest absolute Gasteiger partial charge is 0.445 e. The molecule has 4 rings (SSSR count). The second-order valence-corrected chi connectivity index (χ2v) is 8.35. The molecule has 0 radical (unpaired) electrons. The van der Waals surface area contributed by atoms with Crippen molar-refractivity contribution >= 4 is 6.09 Å². The quantitative estimate of drug-likeness (QED) is 0.613. The lowest BCUT2D eigenvalue weighted by Crippen LogP contribution is -2.43. The summed E-state index contributed by atoms with van der Waals surface area (Å²) in [4.78, 5) is 14.6. The van der Waals surface area contributed by atoms with E-state index in [1.807, 2.05) is 35.2 Å². The molecule has 0 saturated carbocycles. The Morgan fingerprint density at radius 1 is 1.04 bits per heavy atom. The summed E-state index contributed by atoms with van der Waals surface area (Å²) in [5.41, 5.74) is 5.22. The number of rotatable bonds is 5. The standard InChI is InChI=1S/C25H29NO2/c1-18(2)22-10-8-19(9-11-22)14-21-15-23-12-13-24(16-21)26(23)25(27)28-17-20-6-4-3-5-7-20/h3-11,15,18,23-24H,12-14,16-17H2,1-2H3. The molecule has 0 spiro atoms. The first kappa shape index (κ1) is 18.8. The molecule has 2 aromatic rings. The molecule has 1 amide bonds. The molecule has 3 heteroatoms. The van der Waals surface area contributed by atoms with E-state index in [1.54, 1.807) is 0 Å². The van der Waals surface area contributed by atoms with Crippen LogP contribution in [0.15, 0.2) is 66.2 Å². The molecule has 2 unspecified atom stereocenters. The van der Waals surface area contributed by atoms with E-state index in [0.717, 1.165) is 31.2 Å². The van der Waals surface area contributed by atoms with Crippen LogP contribution >= 0.6 is 0 Å². The number of fused-ring (bicyclic) bond motifs is 2. The van der Waals surface area contributed by atoms with Gasteiger partial charge in [0, 0.05) is 6.04 Å². The Kier molecular flexibility index (Phi) is 5.52. The predicted molar refractivity (Wildman–Crippen MR) is 112 cm³/mol. The van der Waals surface area contributed by atoms with Crippen LogP contribution in [0.25, 0.3) is 0 Å². The van der Waals surface area contributed by atoms with Crippen molar-refractivity contribution in [1.82, 2.24) is 4.90 Å². The maximum Gasteiger partial charge on any atom is 0.410 e. The van der Waals surface area contributed by atoms with Gasteiger partial charge in [-0.3, -0.25) is 4.90 Å². The number of nitrogens with zero attached hydrogens (tertiary/aromatic N) is 1. The van der Waals surface area contributed by atoms with E-state index < -0.39 is 0 Å². The summed E-state index contributed by atoms with van der Waals surface area (Å²) in [6.07, 6.45) is 6.19. The summed E-state index contributed by atoms with van der Waals surface area (Å²) in [6, 6.07) is 19.3. The SMILES string of the molecule is CC(C)c1ccc(CC2=CC3CCC(C2)N3C(=O)OCc2ccccc2)cc1. The van der Waals surface area contributed by atoms with Crippen LogP contribution in [0.2, 0.25) is 0 Å². The predicted octanol–water partition coefficient (Wildman–Crippen LogP) is 5.85. The van der Waals surface area contributed by atoms with Crippen LogP contribution in [0.1, 0.15) is 55.7 Å². The van der Waals surface area contributed by atoms with E-state index in [-0.39, 0.29) is 18.2 Å². The van der Waals surface area contributed by atoms with Gasteiger partial charge in [-0.25, -0.2) is 4.79 Å². The van der Waals surface area contributed by atoms with E-state index in [1.165, 1.54) is 16.7 Å². The Morgan fingerprint density at radius 2 is 1.79 bits per heavy atom. The molecule has 28 heavy (non-hydrogen) atoms.